The molecule has 178 valence electrons. The summed E-state index contributed by atoms with van der Waals surface area (Å²) >= 11 is 0. The molecule has 1 aromatic carbocycles. The molecule has 0 aliphatic carbocycles. The van der Waals surface area contributed by atoms with E-state index in [0.717, 1.165) is 41.5 Å². The molecule has 2 atom stereocenters. The van der Waals surface area contributed by atoms with Crippen LogP contribution in [0.5, 0.6) is 0 Å². The summed E-state index contributed by atoms with van der Waals surface area (Å²) in [5.41, 5.74) is 2.49. The maximum atomic E-state index is 13.3. The first-order chi connectivity index (χ1) is 17.0. The third-order valence-corrected chi connectivity index (χ3v) is 7.55. The number of pyridine rings is 2. The van der Waals surface area contributed by atoms with Crippen LogP contribution >= 0.6 is 0 Å². The molecule has 0 spiro atoms. The Labute approximate surface area is 203 Å². The molecule has 1 saturated heterocycles. The van der Waals surface area contributed by atoms with Gasteiger partial charge in [0.15, 0.2) is 5.60 Å². The molecular formula is C28H27N3O4. The van der Waals surface area contributed by atoms with Crippen LogP contribution in [0.25, 0.3) is 22.3 Å². The van der Waals surface area contributed by atoms with Gasteiger partial charge >= 0.3 is 5.97 Å². The molecule has 6 rings (SSSR count). The summed E-state index contributed by atoms with van der Waals surface area (Å²) in [7, 11) is 0. The molecule has 7 heteroatoms. The molecule has 0 radical (unpaired) electrons. The predicted octanol–water partition coefficient (Wildman–Crippen LogP) is 2.82. The molecule has 3 aliphatic heterocycles. The second-order valence-corrected chi connectivity index (χ2v) is 9.69. The van der Waals surface area contributed by atoms with Crippen molar-refractivity contribution in [3.8, 4) is 23.2 Å². The van der Waals surface area contributed by atoms with Gasteiger partial charge in [-0.1, -0.05) is 30.9 Å². The van der Waals surface area contributed by atoms with Crippen molar-refractivity contribution in [1.82, 2.24) is 14.9 Å². The van der Waals surface area contributed by atoms with Crippen molar-refractivity contribution in [3.05, 3.63) is 62.9 Å². The van der Waals surface area contributed by atoms with Crippen molar-refractivity contribution >= 4 is 16.9 Å². The number of para-hydroxylation sites is 1. The molecule has 5 heterocycles. The van der Waals surface area contributed by atoms with Crippen LogP contribution in [0.1, 0.15) is 54.9 Å². The molecule has 7 nitrogen and oxygen atoms in total. The minimum atomic E-state index is -1.83. The number of nitrogens with zero attached hydrogens (tertiary/aromatic N) is 2. The fourth-order valence-electron chi connectivity index (χ4n) is 5.50. The molecule has 0 amide bonds. The van der Waals surface area contributed by atoms with E-state index in [2.05, 4.69) is 23.2 Å². The number of carbonyl (C=O) groups is 1. The molecule has 2 N–H and O–H groups in total. The minimum Gasteiger partial charge on any atom is -0.458 e. The quantitative estimate of drug-likeness (QED) is 0.346. The predicted molar refractivity (Wildman–Crippen MR) is 132 cm³/mol. The van der Waals surface area contributed by atoms with Crippen LogP contribution in [0.15, 0.2) is 35.1 Å². The number of nitrogens with one attached hydrogen (secondary N) is 1. The Balaban J connectivity index is 1.45. The van der Waals surface area contributed by atoms with Gasteiger partial charge in [0, 0.05) is 22.9 Å². The number of aliphatic hydroxyl groups is 1. The number of ether oxygens (including phenoxy) is 1. The van der Waals surface area contributed by atoms with E-state index < -0.39 is 11.6 Å². The average molecular weight is 470 g/mol. The highest BCUT2D eigenvalue weighted by molar-refractivity contribution is 5.89. The maximum Gasteiger partial charge on any atom is 0.343 e. The molecule has 35 heavy (non-hydrogen) atoms. The van der Waals surface area contributed by atoms with Gasteiger partial charge in [0.2, 0.25) is 0 Å². The number of esters is 1. The van der Waals surface area contributed by atoms with Crippen LogP contribution in [-0.4, -0.2) is 33.7 Å². The lowest BCUT2D eigenvalue weighted by atomic mass is 9.86. The van der Waals surface area contributed by atoms with Crippen LogP contribution in [0.3, 0.4) is 0 Å². The van der Waals surface area contributed by atoms with Crippen LogP contribution in [0.2, 0.25) is 0 Å². The number of benzene rings is 1. The van der Waals surface area contributed by atoms with Gasteiger partial charge in [-0.15, -0.1) is 0 Å². The van der Waals surface area contributed by atoms with Gasteiger partial charge in [0.25, 0.3) is 5.56 Å². The lowest BCUT2D eigenvalue weighted by Gasteiger charge is -2.31. The Morgan fingerprint density at radius 3 is 3.00 bits per heavy atom. The second-order valence-electron chi connectivity index (χ2n) is 9.69. The molecular weight excluding hydrogens is 442 g/mol. The van der Waals surface area contributed by atoms with Gasteiger partial charge in [-0.3, -0.25) is 4.79 Å². The lowest BCUT2D eigenvalue weighted by molar-refractivity contribution is -0.172. The summed E-state index contributed by atoms with van der Waals surface area (Å²) < 4.78 is 6.81. The first-order valence-electron chi connectivity index (χ1n) is 12.3. The van der Waals surface area contributed by atoms with Crippen molar-refractivity contribution in [2.24, 2.45) is 5.92 Å². The second kappa shape index (κ2) is 8.33. The average Bonchev–Trinajstić information content (AvgIpc) is 3.24. The normalized spacial score (nSPS) is 22.6. The zero-order chi connectivity index (χ0) is 24.2. The van der Waals surface area contributed by atoms with Gasteiger partial charge in [-0.05, 0) is 56.5 Å². The fourth-order valence-corrected chi connectivity index (χ4v) is 5.50. The molecule has 2 aromatic heterocycles. The van der Waals surface area contributed by atoms with E-state index in [4.69, 9.17) is 9.72 Å². The maximum absolute atomic E-state index is 13.3. The van der Waals surface area contributed by atoms with Gasteiger partial charge in [-0.25, -0.2) is 9.78 Å². The number of carbonyl (C=O) groups excluding carboxylic acids is 1. The number of aromatic nitrogens is 2. The van der Waals surface area contributed by atoms with Gasteiger partial charge < -0.3 is 19.7 Å². The van der Waals surface area contributed by atoms with Crippen molar-refractivity contribution in [2.45, 2.75) is 51.4 Å². The lowest BCUT2D eigenvalue weighted by Crippen LogP contribution is -2.44. The molecule has 1 fully saturated rings. The molecule has 1 unspecified atom stereocenters. The number of hydrogen-bond acceptors (Lipinski definition) is 6. The van der Waals surface area contributed by atoms with Crippen LogP contribution in [-0.2, 0) is 28.3 Å². The van der Waals surface area contributed by atoms with Crippen LogP contribution in [0, 0.1) is 17.8 Å². The highest BCUT2D eigenvalue weighted by Gasteiger charge is 2.45. The monoisotopic (exact) mass is 469 g/mol. The molecule has 0 bridgehead atoms. The Bertz CT molecular complexity index is 1490. The first-order valence-corrected chi connectivity index (χ1v) is 12.3. The number of cyclic esters (lactones) is 1. The molecule has 3 aliphatic rings. The van der Waals surface area contributed by atoms with E-state index in [0.29, 0.717) is 35.0 Å². The van der Waals surface area contributed by atoms with E-state index in [9.17, 15) is 14.7 Å². The highest BCUT2D eigenvalue weighted by Crippen LogP contribution is 2.38. The van der Waals surface area contributed by atoms with E-state index >= 15 is 0 Å². The van der Waals surface area contributed by atoms with Gasteiger partial charge in [0.1, 0.15) is 6.61 Å². The smallest absolute Gasteiger partial charge is 0.343 e. The van der Waals surface area contributed by atoms with Gasteiger partial charge in [0.05, 0.1) is 34.6 Å². The Hall–Kier alpha value is -3.47. The fraction of sp³-hybridized carbons (Fsp3) is 0.393. The van der Waals surface area contributed by atoms with Crippen molar-refractivity contribution in [2.75, 3.05) is 13.1 Å². The third kappa shape index (κ3) is 3.48. The number of hydrogen-bond donors (Lipinski definition) is 2. The summed E-state index contributed by atoms with van der Waals surface area (Å²) in [6.07, 6.45) is 3.37. The summed E-state index contributed by atoms with van der Waals surface area (Å²) in [6, 6.07) is 9.79. The largest absolute Gasteiger partial charge is 0.458 e. The summed E-state index contributed by atoms with van der Waals surface area (Å²) in [5, 5.41) is 15.5. The van der Waals surface area contributed by atoms with Crippen molar-refractivity contribution in [3.63, 3.8) is 0 Å². The SMILES string of the molecule is CC[C@@]1(O)C(=O)OCc2c1cc1n(c2=O)Cc2cc3cccc(C#CCC4CCCNC4)c3nc2-1. The van der Waals surface area contributed by atoms with E-state index in [1.807, 2.05) is 18.2 Å². The number of rotatable bonds is 2. The summed E-state index contributed by atoms with van der Waals surface area (Å²) in [5.74, 6) is 6.55. The highest BCUT2D eigenvalue weighted by atomic mass is 16.6. The third-order valence-electron chi connectivity index (χ3n) is 7.55. The van der Waals surface area contributed by atoms with Crippen molar-refractivity contribution in [1.29, 1.82) is 0 Å². The zero-order valence-corrected chi connectivity index (χ0v) is 19.7. The summed E-state index contributed by atoms with van der Waals surface area (Å²) in [4.78, 5) is 30.7. The topological polar surface area (TPSA) is 93.5 Å². The van der Waals surface area contributed by atoms with Crippen LogP contribution < -0.4 is 10.9 Å². The van der Waals surface area contributed by atoms with Crippen molar-refractivity contribution < 1.29 is 14.6 Å². The van der Waals surface area contributed by atoms with E-state index in [1.165, 1.54) is 12.8 Å². The number of piperidine rings is 1. The Kier molecular flexibility index (Phi) is 5.24. The molecule has 3 aromatic rings. The molecule has 0 saturated carbocycles. The van der Waals surface area contributed by atoms with E-state index in [-0.39, 0.29) is 18.6 Å². The Morgan fingerprint density at radius 2 is 2.20 bits per heavy atom. The van der Waals surface area contributed by atoms with Crippen LogP contribution in [0.4, 0.5) is 0 Å². The first kappa shape index (κ1) is 22.0. The van der Waals surface area contributed by atoms with Gasteiger partial charge in [-0.2, -0.15) is 0 Å². The number of fused-ring (bicyclic) bond motifs is 5. The standard InChI is InChI=1S/C28H27N3O4/c1-2-28(34)22-13-23-25-20(15-31(23)26(32)21(22)16-35-27(28)33)12-19-10-4-9-18(24(19)30-25)8-3-6-17-7-5-11-29-14-17/h4,9-10,12-13,17,29,34H,2,5-7,11,14-16H2,1H3/t17?,28-/m0/s1. The minimum absolute atomic E-state index is 0.121. The zero-order valence-electron chi connectivity index (χ0n) is 19.7. The Morgan fingerprint density at radius 1 is 1.31 bits per heavy atom. The summed E-state index contributed by atoms with van der Waals surface area (Å²) in [6.45, 7) is 4.08. The van der Waals surface area contributed by atoms with E-state index in [1.54, 1.807) is 17.6 Å².